The molecule has 1 aliphatic rings. The molecule has 1 fully saturated rings. The Hall–Kier alpha value is -3.13. The molecule has 1 saturated carbocycles. The van der Waals surface area contributed by atoms with E-state index in [1.165, 1.54) is 103 Å². The molecule has 3 heterocycles. The predicted octanol–water partition coefficient (Wildman–Crippen LogP) is 8.10. The minimum Gasteiger partial charge on any atom is -0.307 e. The lowest BCUT2D eigenvalue weighted by Crippen LogP contribution is -2.29. The zero-order valence-electron chi connectivity index (χ0n) is 21.0. The normalized spacial score (nSPS) is 15.7. The van der Waals surface area contributed by atoms with Crippen LogP contribution in [0.25, 0.3) is 49.0 Å². The number of fused-ring (bicyclic) bond motifs is 6. The number of rotatable bonds is 1. The number of hydrogen-bond donors (Lipinski definition) is 0. The maximum atomic E-state index is 2.65. The van der Waals surface area contributed by atoms with E-state index < -0.39 is 0 Å². The largest absolute Gasteiger partial charge is 0.307 e. The second-order valence-corrected chi connectivity index (χ2v) is 10.9. The molecular formula is C32H33N2+. The molecule has 0 amide bonds. The van der Waals surface area contributed by atoms with Crippen LogP contribution in [0.2, 0.25) is 0 Å². The monoisotopic (exact) mass is 445 g/mol. The topological polar surface area (TPSA) is 8.29 Å². The molecule has 0 atom stereocenters. The third kappa shape index (κ3) is 2.44. The summed E-state index contributed by atoms with van der Waals surface area (Å²) in [5.41, 5.74) is 12.7. The van der Waals surface area contributed by atoms with E-state index >= 15 is 0 Å². The van der Waals surface area contributed by atoms with Crippen molar-refractivity contribution >= 4 is 49.0 Å². The number of para-hydroxylation sites is 1. The SMILES string of the molecule is Cc1cc(C)c2c(c1C)c1c3c(cc[n+]1C)cc(C1CCCCC1)c1c4cccc(C)c4n2c13. The van der Waals surface area contributed by atoms with Crippen molar-refractivity contribution in [1.82, 2.24) is 4.40 Å². The third-order valence-corrected chi connectivity index (χ3v) is 8.90. The van der Waals surface area contributed by atoms with Gasteiger partial charge in [-0.3, -0.25) is 0 Å². The fourth-order valence-corrected chi connectivity index (χ4v) is 7.22. The first-order valence-corrected chi connectivity index (χ1v) is 13.0. The van der Waals surface area contributed by atoms with Gasteiger partial charge in [0.1, 0.15) is 7.05 Å². The molecule has 0 bridgehead atoms. The molecule has 7 rings (SSSR count). The van der Waals surface area contributed by atoms with E-state index in [1.807, 2.05) is 0 Å². The van der Waals surface area contributed by atoms with Crippen LogP contribution in [0.15, 0.2) is 42.6 Å². The highest BCUT2D eigenvalue weighted by molar-refractivity contribution is 6.28. The molecule has 2 heteroatoms. The van der Waals surface area contributed by atoms with Crippen LogP contribution in [0.3, 0.4) is 0 Å². The highest BCUT2D eigenvalue weighted by Gasteiger charge is 2.29. The number of nitrogens with zero attached hydrogens (tertiary/aromatic N) is 2. The van der Waals surface area contributed by atoms with E-state index in [4.69, 9.17) is 0 Å². The second kappa shape index (κ2) is 6.95. The van der Waals surface area contributed by atoms with Crippen molar-refractivity contribution in [3.05, 3.63) is 70.4 Å². The van der Waals surface area contributed by atoms with E-state index in [2.05, 4.69) is 86.3 Å². The number of aryl methyl sites for hydroxylation is 5. The Kier molecular flexibility index (Phi) is 4.14. The van der Waals surface area contributed by atoms with Crippen molar-refractivity contribution in [3.8, 4) is 0 Å². The molecule has 6 aromatic rings. The fraction of sp³-hybridized carbons (Fsp3) is 0.344. The Labute approximate surface area is 201 Å². The Morgan fingerprint density at radius 2 is 1.56 bits per heavy atom. The van der Waals surface area contributed by atoms with Crippen LogP contribution in [0.1, 0.15) is 65.8 Å². The van der Waals surface area contributed by atoms with Crippen LogP contribution >= 0.6 is 0 Å². The summed E-state index contributed by atoms with van der Waals surface area (Å²) < 4.78 is 5.01. The smallest absolute Gasteiger partial charge is 0.224 e. The molecule has 3 aromatic heterocycles. The number of aromatic nitrogens is 2. The van der Waals surface area contributed by atoms with Crippen molar-refractivity contribution in [3.63, 3.8) is 0 Å². The molecule has 0 aliphatic heterocycles. The molecule has 34 heavy (non-hydrogen) atoms. The summed E-state index contributed by atoms with van der Waals surface area (Å²) in [7, 11) is 2.22. The Morgan fingerprint density at radius 3 is 2.35 bits per heavy atom. The molecule has 0 radical (unpaired) electrons. The molecule has 170 valence electrons. The predicted molar refractivity (Wildman–Crippen MR) is 145 cm³/mol. The number of hydrogen-bond acceptors (Lipinski definition) is 0. The summed E-state index contributed by atoms with van der Waals surface area (Å²) >= 11 is 0. The zero-order chi connectivity index (χ0) is 23.3. The van der Waals surface area contributed by atoms with Crippen LogP contribution in [0, 0.1) is 27.7 Å². The molecule has 0 saturated heterocycles. The van der Waals surface area contributed by atoms with E-state index in [-0.39, 0.29) is 0 Å². The van der Waals surface area contributed by atoms with Crippen molar-refractivity contribution in [1.29, 1.82) is 0 Å². The summed E-state index contributed by atoms with van der Waals surface area (Å²) in [4.78, 5) is 0. The van der Waals surface area contributed by atoms with Crippen LogP contribution in [0.4, 0.5) is 0 Å². The van der Waals surface area contributed by atoms with Crippen LogP contribution < -0.4 is 4.57 Å². The zero-order valence-corrected chi connectivity index (χ0v) is 21.0. The van der Waals surface area contributed by atoms with Gasteiger partial charge in [-0.25, -0.2) is 4.57 Å². The minimum atomic E-state index is 0.664. The molecule has 2 nitrogen and oxygen atoms in total. The van der Waals surface area contributed by atoms with Crippen molar-refractivity contribution in [2.75, 3.05) is 0 Å². The maximum absolute atomic E-state index is 2.65. The third-order valence-electron chi connectivity index (χ3n) is 8.90. The molecule has 0 N–H and O–H groups in total. The summed E-state index contributed by atoms with van der Waals surface area (Å²) in [6.45, 7) is 9.17. The highest BCUT2D eigenvalue weighted by Crippen LogP contribution is 2.47. The fourth-order valence-electron chi connectivity index (χ4n) is 7.22. The lowest BCUT2D eigenvalue weighted by atomic mass is 9.81. The first-order chi connectivity index (χ1) is 16.5. The molecule has 0 unspecified atom stereocenters. The van der Waals surface area contributed by atoms with Gasteiger partial charge in [0, 0.05) is 16.8 Å². The summed E-state index contributed by atoms with van der Waals surface area (Å²) in [5.74, 6) is 0.664. The van der Waals surface area contributed by atoms with Crippen LogP contribution in [-0.4, -0.2) is 4.40 Å². The average Bonchev–Trinajstić information content (AvgIpc) is 3.19. The van der Waals surface area contributed by atoms with Crippen molar-refractivity contribution in [2.45, 2.75) is 65.7 Å². The van der Waals surface area contributed by atoms with Crippen molar-refractivity contribution in [2.24, 2.45) is 7.05 Å². The van der Waals surface area contributed by atoms with Gasteiger partial charge >= 0.3 is 0 Å². The van der Waals surface area contributed by atoms with Gasteiger partial charge in [-0.1, -0.05) is 43.5 Å². The van der Waals surface area contributed by atoms with E-state index in [9.17, 15) is 0 Å². The quantitative estimate of drug-likeness (QED) is 0.137. The van der Waals surface area contributed by atoms with Crippen LogP contribution in [-0.2, 0) is 7.05 Å². The lowest BCUT2D eigenvalue weighted by molar-refractivity contribution is -0.643. The first-order valence-electron chi connectivity index (χ1n) is 13.0. The van der Waals surface area contributed by atoms with Gasteiger partial charge in [0.15, 0.2) is 6.20 Å². The molecule has 0 spiro atoms. The standard InChI is InChI=1S/C32H33N2/c1-18-10-9-13-24-28-25(22-11-7-6-8-12-22)17-23-14-15-33(5)31-26-21(4)19(2)16-20(3)30(26)34(29(18)24)32(28)27(23)31/h9-10,13-17,22H,6-8,11-12H2,1-5H3/q+1. The summed E-state index contributed by atoms with van der Waals surface area (Å²) in [5, 5.41) is 7.17. The first kappa shape index (κ1) is 20.3. The van der Waals surface area contributed by atoms with E-state index in [0.717, 1.165) is 0 Å². The van der Waals surface area contributed by atoms with Crippen molar-refractivity contribution < 1.29 is 4.57 Å². The Balaban J connectivity index is 1.88. The molecule has 3 aromatic carbocycles. The Morgan fingerprint density at radius 1 is 0.765 bits per heavy atom. The van der Waals surface area contributed by atoms with Gasteiger partial charge in [-0.15, -0.1) is 0 Å². The highest BCUT2D eigenvalue weighted by atomic mass is 15.0. The van der Waals surface area contributed by atoms with Gasteiger partial charge in [0.2, 0.25) is 5.52 Å². The summed E-state index contributed by atoms with van der Waals surface area (Å²) in [6, 6.07) is 14.2. The van der Waals surface area contributed by atoms with E-state index in [1.54, 1.807) is 5.56 Å². The number of benzene rings is 3. The lowest BCUT2D eigenvalue weighted by Gasteiger charge is -2.24. The summed E-state index contributed by atoms with van der Waals surface area (Å²) in [6.07, 6.45) is 9.02. The second-order valence-electron chi connectivity index (χ2n) is 10.9. The van der Waals surface area contributed by atoms with Crippen LogP contribution in [0.5, 0.6) is 0 Å². The van der Waals surface area contributed by atoms with Gasteiger partial charge in [-0.05, 0) is 85.7 Å². The van der Waals surface area contributed by atoms with E-state index in [0.29, 0.717) is 5.92 Å². The van der Waals surface area contributed by atoms with Gasteiger partial charge in [-0.2, -0.15) is 0 Å². The van der Waals surface area contributed by atoms with Gasteiger partial charge in [0.05, 0.1) is 27.3 Å². The maximum Gasteiger partial charge on any atom is 0.224 e. The average molecular weight is 446 g/mol. The molecular weight excluding hydrogens is 412 g/mol. The Bertz CT molecular complexity index is 1780. The van der Waals surface area contributed by atoms with Gasteiger partial charge < -0.3 is 4.40 Å². The van der Waals surface area contributed by atoms with Gasteiger partial charge in [0.25, 0.3) is 0 Å². The molecule has 1 aliphatic carbocycles. The number of pyridine rings is 2. The minimum absolute atomic E-state index is 0.664.